The molecule has 0 saturated heterocycles. The van der Waals surface area contributed by atoms with Crippen LogP contribution in [-0.2, 0) is 0 Å². The molecule has 1 aliphatic rings. The van der Waals surface area contributed by atoms with Crippen molar-refractivity contribution < 1.29 is 15.2 Å². The van der Waals surface area contributed by atoms with E-state index < -0.39 is 5.97 Å². The van der Waals surface area contributed by atoms with Crippen molar-refractivity contribution in [2.75, 3.05) is 6.54 Å². The molecule has 2 atom stereocenters. The van der Waals surface area contributed by atoms with E-state index in [1.165, 1.54) is 10.9 Å². The van der Waals surface area contributed by atoms with Crippen LogP contribution in [0.4, 0.5) is 0 Å². The molecule has 0 amide bonds. The number of quaternary nitrogens is 1. The van der Waals surface area contributed by atoms with Crippen molar-refractivity contribution in [3.8, 4) is 0 Å². The van der Waals surface area contributed by atoms with Crippen LogP contribution in [0.3, 0.4) is 0 Å². The van der Waals surface area contributed by atoms with Crippen molar-refractivity contribution in [1.82, 2.24) is 4.98 Å². The van der Waals surface area contributed by atoms with E-state index in [0.717, 1.165) is 33.9 Å². The highest BCUT2D eigenvalue weighted by atomic mass is 35.5. The zero-order chi connectivity index (χ0) is 20.0. The number of carboxylic acid groups (broad SMARTS) is 1. The average Bonchev–Trinajstić information content (AvgIpc) is 3.13. The highest BCUT2D eigenvalue weighted by molar-refractivity contribution is 6.31. The van der Waals surface area contributed by atoms with E-state index in [2.05, 4.69) is 34.6 Å². The van der Waals surface area contributed by atoms with Gasteiger partial charge in [0.2, 0.25) is 0 Å². The molecular weight excluding hydrogens is 384 g/mol. The molecule has 0 unspecified atom stereocenters. The van der Waals surface area contributed by atoms with Gasteiger partial charge in [-0.25, -0.2) is 0 Å². The van der Waals surface area contributed by atoms with Crippen LogP contribution >= 0.6 is 11.6 Å². The summed E-state index contributed by atoms with van der Waals surface area (Å²) in [7, 11) is 0. The second kappa shape index (κ2) is 7.07. The maximum absolute atomic E-state index is 11.1. The lowest BCUT2D eigenvalue weighted by molar-refractivity contribution is -0.692. The number of rotatable bonds is 3. The van der Waals surface area contributed by atoms with E-state index in [1.54, 1.807) is 12.1 Å². The number of hydrogen-bond acceptors (Lipinski definition) is 2. The third-order valence-electron chi connectivity index (χ3n) is 5.83. The Bertz CT molecular complexity index is 1210. The Morgan fingerprint density at radius 3 is 2.48 bits per heavy atom. The number of carbonyl (C=O) groups excluding carboxylic acids is 1. The number of carbonyl (C=O) groups is 1. The van der Waals surface area contributed by atoms with E-state index in [9.17, 15) is 9.90 Å². The molecule has 0 aliphatic carbocycles. The molecule has 5 heteroatoms. The van der Waals surface area contributed by atoms with Crippen LogP contribution in [0.2, 0.25) is 5.02 Å². The molecule has 3 aromatic carbocycles. The van der Waals surface area contributed by atoms with Crippen LogP contribution in [0.25, 0.3) is 10.9 Å². The lowest BCUT2D eigenvalue weighted by Gasteiger charge is -2.29. The van der Waals surface area contributed by atoms with Crippen LogP contribution in [0, 0.1) is 0 Å². The molecule has 29 heavy (non-hydrogen) atoms. The van der Waals surface area contributed by atoms with Crippen molar-refractivity contribution in [2.45, 2.75) is 12.0 Å². The number of aromatic carboxylic acids is 1. The summed E-state index contributed by atoms with van der Waals surface area (Å²) in [6.07, 6.45) is 0. The van der Waals surface area contributed by atoms with E-state index in [-0.39, 0.29) is 17.5 Å². The number of nitrogens with two attached hydrogens (primary N) is 1. The zero-order valence-corrected chi connectivity index (χ0v) is 16.3. The molecule has 144 valence electrons. The molecule has 4 nitrogen and oxygen atoms in total. The fourth-order valence-electron chi connectivity index (χ4n) is 4.48. The predicted octanol–water partition coefficient (Wildman–Crippen LogP) is 2.98. The number of carboxylic acids is 1. The second-order valence-electron chi connectivity index (χ2n) is 7.43. The monoisotopic (exact) mass is 402 g/mol. The second-order valence-corrected chi connectivity index (χ2v) is 7.84. The van der Waals surface area contributed by atoms with Crippen LogP contribution in [0.15, 0.2) is 72.8 Å². The standard InChI is InChI=1S/C24H19ClN2O2/c25-19-7-3-1-5-16(19)18-13-26-22(14-9-11-15(12-10-14)24(28)29)23-21(18)17-6-2-4-8-20(17)27-23/h1-12,18,22,26-27H,13H2,(H,28,29)/t18-,22-/m1/s1. The van der Waals surface area contributed by atoms with Gasteiger partial charge in [0, 0.05) is 27.1 Å². The maximum atomic E-state index is 11.1. The number of aromatic amines is 1. The molecule has 0 saturated carbocycles. The van der Waals surface area contributed by atoms with Gasteiger partial charge in [-0.2, -0.15) is 0 Å². The molecule has 1 aliphatic heterocycles. The smallest absolute Gasteiger partial charge is 0.153 e. The number of benzene rings is 3. The number of nitrogens with one attached hydrogen (secondary N) is 1. The van der Waals surface area contributed by atoms with Crippen molar-refractivity contribution >= 4 is 28.5 Å². The van der Waals surface area contributed by atoms with Crippen molar-refractivity contribution in [3.63, 3.8) is 0 Å². The SMILES string of the molecule is O=C([O-])c1ccc([C@H]2[NH2+]C[C@H](c3ccccc3Cl)c3c2[nH]c2ccccc32)cc1. The normalized spacial score (nSPS) is 18.5. The molecule has 0 radical (unpaired) electrons. The topological polar surface area (TPSA) is 72.5 Å². The molecule has 0 fully saturated rings. The first-order valence-electron chi connectivity index (χ1n) is 9.63. The van der Waals surface area contributed by atoms with Crippen molar-refractivity contribution in [3.05, 3.63) is 106 Å². The van der Waals surface area contributed by atoms with Crippen LogP contribution in [0.5, 0.6) is 0 Å². The Kier molecular flexibility index (Phi) is 4.38. The van der Waals surface area contributed by atoms with Gasteiger partial charge in [0.25, 0.3) is 0 Å². The summed E-state index contributed by atoms with van der Waals surface area (Å²) >= 11 is 6.56. The Labute approximate surface area is 173 Å². The van der Waals surface area contributed by atoms with Gasteiger partial charge in [0.1, 0.15) is 0 Å². The average molecular weight is 403 g/mol. The molecule has 1 aromatic heterocycles. The number of para-hydroxylation sites is 1. The summed E-state index contributed by atoms with van der Waals surface area (Å²) < 4.78 is 0. The van der Waals surface area contributed by atoms with Crippen LogP contribution < -0.4 is 10.4 Å². The number of hydrogen-bond donors (Lipinski definition) is 2. The number of aromatic nitrogens is 1. The summed E-state index contributed by atoms with van der Waals surface area (Å²) in [5.74, 6) is -0.983. The molecule has 5 rings (SSSR count). The van der Waals surface area contributed by atoms with Gasteiger partial charge in [-0.3, -0.25) is 0 Å². The van der Waals surface area contributed by atoms with Crippen molar-refractivity contribution in [2.24, 2.45) is 0 Å². The third kappa shape index (κ3) is 3.01. The fourth-order valence-corrected chi connectivity index (χ4v) is 4.75. The summed E-state index contributed by atoms with van der Waals surface area (Å²) in [5.41, 5.74) is 5.88. The molecule has 2 heterocycles. The Morgan fingerprint density at radius 2 is 1.72 bits per heavy atom. The quantitative estimate of drug-likeness (QED) is 0.553. The molecule has 0 bridgehead atoms. The third-order valence-corrected chi connectivity index (χ3v) is 6.17. The highest BCUT2D eigenvalue weighted by Gasteiger charge is 2.36. The fraction of sp³-hybridized carbons (Fsp3) is 0.125. The van der Waals surface area contributed by atoms with Gasteiger partial charge in [0.15, 0.2) is 6.04 Å². The van der Waals surface area contributed by atoms with E-state index in [4.69, 9.17) is 11.6 Å². The molecule has 0 spiro atoms. The highest BCUT2D eigenvalue weighted by Crippen LogP contribution is 2.40. The largest absolute Gasteiger partial charge is 0.545 e. The van der Waals surface area contributed by atoms with Gasteiger partial charge in [-0.1, -0.05) is 72.3 Å². The van der Waals surface area contributed by atoms with E-state index in [0.29, 0.717) is 0 Å². The molecule has 4 aromatic rings. The lowest BCUT2D eigenvalue weighted by Crippen LogP contribution is -2.88. The summed E-state index contributed by atoms with van der Waals surface area (Å²) in [6, 6.07) is 23.4. The lowest BCUT2D eigenvalue weighted by atomic mass is 9.83. The zero-order valence-electron chi connectivity index (χ0n) is 15.6. The van der Waals surface area contributed by atoms with Gasteiger partial charge in [0.05, 0.1) is 24.1 Å². The minimum Gasteiger partial charge on any atom is -0.545 e. The van der Waals surface area contributed by atoms with Crippen LogP contribution in [-0.4, -0.2) is 17.5 Å². The van der Waals surface area contributed by atoms with E-state index >= 15 is 0 Å². The van der Waals surface area contributed by atoms with Crippen molar-refractivity contribution in [1.29, 1.82) is 0 Å². The van der Waals surface area contributed by atoms with Gasteiger partial charge < -0.3 is 20.2 Å². The Balaban J connectivity index is 1.67. The Hall–Kier alpha value is -3.08. The molecule has 3 N–H and O–H groups in total. The predicted molar refractivity (Wildman–Crippen MR) is 111 cm³/mol. The first-order chi connectivity index (χ1) is 14.1. The number of H-pyrrole nitrogens is 1. The first kappa shape index (κ1) is 18.0. The van der Waals surface area contributed by atoms with E-state index in [1.807, 2.05) is 36.4 Å². The summed E-state index contributed by atoms with van der Waals surface area (Å²) in [5, 5.41) is 15.4. The van der Waals surface area contributed by atoms with Crippen LogP contribution in [0.1, 0.15) is 44.7 Å². The number of fused-ring (bicyclic) bond motifs is 3. The first-order valence-corrected chi connectivity index (χ1v) is 10.0. The Morgan fingerprint density at radius 1 is 1.00 bits per heavy atom. The van der Waals surface area contributed by atoms with Gasteiger partial charge >= 0.3 is 0 Å². The molecular formula is C24H19ClN2O2. The minimum absolute atomic E-state index is 0.0620. The summed E-state index contributed by atoms with van der Waals surface area (Å²) in [4.78, 5) is 14.7. The van der Waals surface area contributed by atoms with Gasteiger partial charge in [-0.05, 0) is 23.3 Å². The number of halogens is 1. The minimum atomic E-state index is -1.16. The summed E-state index contributed by atoms with van der Waals surface area (Å²) in [6.45, 7) is 0.853. The van der Waals surface area contributed by atoms with Gasteiger partial charge in [-0.15, -0.1) is 0 Å². The maximum Gasteiger partial charge on any atom is 0.153 e.